The fourth-order valence-corrected chi connectivity index (χ4v) is 1.82. The van der Waals surface area contributed by atoms with E-state index in [0.717, 1.165) is 0 Å². The largest absolute Gasteiger partial charge is 0.377 e. The predicted molar refractivity (Wildman–Crippen MR) is 80.0 cm³/mol. The molecule has 0 aliphatic heterocycles. The van der Waals surface area contributed by atoms with Crippen LogP contribution in [0.25, 0.3) is 0 Å². The molecule has 0 aliphatic carbocycles. The summed E-state index contributed by atoms with van der Waals surface area (Å²) in [5.41, 5.74) is 3.52. The van der Waals surface area contributed by atoms with E-state index in [2.05, 4.69) is 26.8 Å². The summed E-state index contributed by atoms with van der Waals surface area (Å²) in [6.45, 7) is 0.246. The van der Waals surface area contributed by atoms with Crippen molar-refractivity contribution >= 4 is 28.9 Å². The third-order valence-electron chi connectivity index (χ3n) is 2.55. The fraction of sp³-hybridized carbons (Fsp3) is 0.154. The molecule has 4 N–H and O–H groups in total. The minimum absolute atomic E-state index is 0.246. The summed E-state index contributed by atoms with van der Waals surface area (Å²) in [5.74, 6) is 6.76. The maximum atomic E-state index is 8.93. The van der Waals surface area contributed by atoms with E-state index in [-0.39, 0.29) is 6.61 Å². The van der Waals surface area contributed by atoms with E-state index in [4.69, 9.17) is 27.4 Å². The molecule has 1 heterocycles. The summed E-state index contributed by atoms with van der Waals surface area (Å²) in [6, 6.07) is 8.58. The molecule has 1 aromatic heterocycles. The number of hydrogen-bond donors (Lipinski definition) is 3. The average molecular weight is 305 g/mol. The van der Waals surface area contributed by atoms with E-state index in [9.17, 15) is 0 Å². The second-order valence-corrected chi connectivity index (χ2v) is 4.47. The van der Waals surface area contributed by atoms with Crippen molar-refractivity contribution in [2.24, 2.45) is 5.84 Å². The van der Waals surface area contributed by atoms with E-state index in [1.54, 1.807) is 31.4 Å². The summed E-state index contributed by atoms with van der Waals surface area (Å²) in [4.78, 5) is 8.42. The molecule has 0 saturated carbocycles. The van der Waals surface area contributed by atoms with Gasteiger partial charge in [0.25, 0.3) is 0 Å². The topological polar surface area (TPSA) is 109 Å². The smallest absolute Gasteiger partial charge is 0.158 e. The van der Waals surface area contributed by atoms with Crippen LogP contribution in [0, 0.1) is 11.3 Å². The van der Waals surface area contributed by atoms with Gasteiger partial charge in [0.1, 0.15) is 18.2 Å². The van der Waals surface area contributed by atoms with Gasteiger partial charge in [-0.3, -0.25) is 0 Å². The van der Waals surface area contributed by atoms with Crippen LogP contribution in [-0.4, -0.2) is 17.1 Å². The number of nitrogens with zero attached hydrogens (tertiary/aromatic N) is 3. The van der Waals surface area contributed by atoms with Crippen LogP contribution in [0.2, 0.25) is 5.02 Å². The van der Waals surface area contributed by atoms with Crippen LogP contribution in [0.3, 0.4) is 0 Å². The lowest BCUT2D eigenvalue weighted by atomic mass is 10.2. The van der Waals surface area contributed by atoms with Gasteiger partial charge in [-0.2, -0.15) is 5.26 Å². The first-order valence-electron chi connectivity index (χ1n) is 5.96. The maximum absolute atomic E-state index is 8.93. The van der Waals surface area contributed by atoms with Gasteiger partial charge in [-0.15, -0.1) is 0 Å². The number of methoxy groups -OCH3 is 1. The number of anilines is 3. The number of aromatic nitrogens is 2. The molecule has 0 fully saturated rings. The Balaban J connectivity index is 2.34. The highest BCUT2D eigenvalue weighted by Crippen LogP contribution is 2.26. The van der Waals surface area contributed by atoms with Crippen molar-refractivity contribution in [1.82, 2.24) is 9.97 Å². The monoisotopic (exact) mass is 304 g/mol. The van der Waals surface area contributed by atoms with E-state index in [1.165, 1.54) is 0 Å². The van der Waals surface area contributed by atoms with Gasteiger partial charge >= 0.3 is 0 Å². The molecule has 0 saturated heterocycles. The van der Waals surface area contributed by atoms with Crippen LogP contribution < -0.4 is 16.6 Å². The highest BCUT2D eigenvalue weighted by Gasteiger charge is 2.07. The van der Waals surface area contributed by atoms with Crippen LogP contribution in [0.5, 0.6) is 0 Å². The van der Waals surface area contributed by atoms with E-state index >= 15 is 0 Å². The van der Waals surface area contributed by atoms with Crippen molar-refractivity contribution in [3.05, 3.63) is 40.7 Å². The number of hydrogen-bond acceptors (Lipinski definition) is 7. The van der Waals surface area contributed by atoms with E-state index in [0.29, 0.717) is 33.7 Å². The maximum Gasteiger partial charge on any atom is 0.158 e. The Morgan fingerprint density at radius 2 is 2.10 bits per heavy atom. The Morgan fingerprint density at radius 1 is 1.33 bits per heavy atom. The standard InChI is InChI=1S/C13H13ClN6O/c1-21-7-13-18-11(5-12(19-13)20-16)17-10-4-8(6-15)2-3-9(10)14/h2-5H,7,16H2,1H3,(H2,17,18,19,20). The molecule has 0 unspecified atom stereocenters. The number of ether oxygens (including phenoxy) is 1. The van der Waals surface area contributed by atoms with E-state index in [1.807, 2.05) is 0 Å². The number of nitrogens with one attached hydrogen (secondary N) is 2. The lowest BCUT2D eigenvalue weighted by Gasteiger charge is -2.11. The Morgan fingerprint density at radius 3 is 2.76 bits per heavy atom. The molecular weight excluding hydrogens is 292 g/mol. The van der Waals surface area contributed by atoms with Gasteiger partial charge in [-0.1, -0.05) is 11.6 Å². The van der Waals surface area contributed by atoms with Gasteiger partial charge in [-0.25, -0.2) is 15.8 Å². The summed E-state index contributed by atoms with van der Waals surface area (Å²) in [7, 11) is 1.55. The molecule has 0 atom stereocenters. The first-order valence-corrected chi connectivity index (χ1v) is 6.34. The quantitative estimate of drug-likeness (QED) is 0.573. The third-order valence-corrected chi connectivity index (χ3v) is 2.88. The molecule has 8 heteroatoms. The van der Waals surface area contributed by atoms with Gasteiger partial charge in [0.2, 0.25) is 0 Å². The highest BCUT2D eigenvalue weighted by atomic mass is 35.5. The second kappa shape index (κ2) is 6.85. The van der Waals surface area contributed by atoms with Crippen molar-refractivity contribution in [2.45, 2.75) is 6.61 Å². The number of nitriles is 1. The summed E-state index contributed by atoms with van der Waals surface area (Å²) in [5, 5.41) is 12.4. The first-order chi connectivity index (χ1) is 10.2. The van der Waals surface area contributed by atoms with Gasteiger partial charge in [0.15, 0.2) is 5.82 Å². The zero-order valence-corrected chi connectivity index (χ0v) is 12.0. The molecule has 21 heavy (non-hydrogen) atoms. The van der Waals surface area contributed by atoms with Crippen LogP contribution >= 0.6 is 11.6 Å². The zero-order chi connectivity index (χ0) is 15.2. The molecule has 0 aliphatic rings. The zero-order valence-electron chi connectivity index (χ0n) is 11.2. The molecular formula is C13H13ClN6O. The van der Waals surface area contributed by atoms with Crippen molar-refractivity contribution in [2.75, 3.05) is 17.9 Å². The fourth-order valence-electron chi connectivity index (χ4n) is 1.66. The van der Waals surface area contributed by atoms with Gasteiger partial charge in [-0.05, 0) is 18.2 Å². The predicted octanol–water partition coefficient (Wildman–Crippen LogP) is 2.18. The van der Waals surface area contributed by atoms with Crippen LogP contribution in [0.15, 0.2) is 24.3 Å². The second-order valence-electron chi connectivity index (χ2n) is 4.06. The molecule has 108 valence electrons. The summed E-state index contributed by atoms with van der Waals surface area (Å²) in [6.07, 6.45) is 0. The highest BCUT2D eigenvalue weighted by molar-refractivity contribution is 6.33. The van der Waals surface area contributed by atoms with Crippen molar-refractivity contribution < 1.29 is 4.74 Å². The molecule has 2 rings (SSSR count). The molecule has 1 aromatic carbocycles. The number of nitrogens with two attached hydrogens (primary N) is 1. The molecule has 0 amide bonds. The molecule has 0 spiro atoms. The minimum atomic E-state index is 0.246. The molecule has 0 radical (unpaired) electrons. The Kier molecular flexibility index (Phi) is 4.90. The lowest BCUT2D eigenvalue weighted by molar-refractivity contribution is 0.178. The van der Waals surface area contributed by atoms with Gasteiger partial charge < -0.3 is 15.5 Å². The average Bonchev–Trinajstić information content (AvgIpc) is 2.49. The van der Waals surface area contributed by atoms with Gasteiger partial charge in [0.05, 0.1) is 22.3 Å². The van der Waals surface area contributed by atoms with Crippen molar-refractivity contribution in [1.29, 1.82) is 5.26 Å². The molecule has 7 nitrogen and oxygen atoms in total. The third kappa shape index (κ3) is 3.79. The minimum Gasteiger partial charge on any atom is -0.377 e. The molecule has 2 aromatic rings. The molecule has 0 bridgehead atoms. The number of nitrogen functional groups attached to an aromatic ring is 1. The van der Waals surface area contributed by atoms with Crippen LogP contribution in [0.4, 0.5) is 17.3 Å². The Bertz CT molecular complexity index is 685. The van der Waals surface area contributed by atoms with Crippen molar-refractivity contribution in [3.63, 3.8) is 0 Å². The number of benzene rings is 1. The summed E-state index contributed by atoms with van der Waals surface area (Å²) < 4.78 is 5.00. The van der Waals surface area contributed by atoms with Crippen molar-refractivity contribution in [3.8, 4) is 6.07 Å². The number of hydrazine groups is 1. The number of rotatable bonds is 5. The van der Waals surface area contributed by atoms with Crippen LogP contribution in [0.1, 0.15) is 11.4 Å². The normalized spacial score (nSPS) is 10.0. The Labute approximate surface area is 126 Å². The number of halogens is 1. The SMILES string of the molecule is COCc1nc(NN)cc(Nc2cc(C#N)ccc2Cl)n1. The lowest BCUT2D eigenvalue weighted by Crippen LogP contribution is -2.12. The summed E-state index contributed by atoms with van der Waals surface area (Å²) >= 11 is 6.10. The Hall–Kier alpha value is -2.40. The van der Waals surface area contributed by atoms with Gasteiger partial charge in [0, 0.05) is 13.2 Å². The van der Waals surface area contributed by atoms with E-state index < -0.39 is 0 Å². The van der Waals surface area contributed by atoms with Crippen LogP contribution in [-0.2, 0) is 11.3 Å². The first kappa shape index (κ1) is 15.0.